The zero-order valence-corrected chi connectivity index (χ0v) is 14.7. The topological polar surface area (TPSA) is 122 Å². The van der Waals surface area contributed by atoms with E-state index in [0.29, 0.717) is 12.1 Å². The highest BCUT2D eigenvalue weighted by Gasteiger charge is 2.32. The monoisotopic (exact) mass is 414 g/mol. The molecule has 0 amide bonds. The van der Waals surface area contributed by atoms with E-state index in [1.165, 1.54) is 6.26 Å². The zero-order valence-electron chi connectivity index (χ0n) is 12.4. The van der Waals surface area contributed by atoms with Crippen LogP contribution in [0.15, 0.2) is 22.0 Å². The molecule has 136 valence electrons. The van der Waals surface area contributed by atoms with E-state index in [2.05, 4.69) is 20.6 Å². The first-order chi connectivity index (χ1) is 11.6. The molecule has 1 unspecified atom stereocenters. The van der Waals surface area contributed by atoms with Gasteiger partial charge < -0.3 is 11.2 Å². The van der Waals surface area contributed by atoms with Crippen molar-refractivity contribution in [1.82, 2.24) is 15.6 Å². The molecule has 7 nitrogen and oxygen atoms in total. The van der Waals surface area contributed by atoms with Gasteiger partial charge in [-0.15, -0.1) is 0 Å². The third kappa shape index (κ3) is 4.06. The van der Waals surface area contributed by atoms with Crippen molar-refractivity contribution in [3.63, 3.8) is 0 Å². The third-order valence-electron chi connectivity index (χ3n) is 2.98. The van der Waals surface area contributed by atoms with E-state index in [1.54, 1.807) is 0 Å². The molecule has 1 aromatic carbocycles. The quantitative estimate of drug-likeness (QED) is 0.266. The van der Waals surface area contributed by atoms with Crippen LogP contribution in [0, 0.1) is 0 Å². The molecule has 13 heteroatoms. The largest absolute Gasteiger partial charge is 0.416 e. The van der Waals surface area contributed by atoms with Gasteiger partial charge >= 0.3 is 6.18 Å². The van der Waals surface area contributed by atoms with Crippen molar-refractivity contribution in [3.05, 3.63) is 33.4 Å². The van der Waals surface area contributed by atoms with Crippen LogP contribution in [0.1, 0.15) is 11.3 Å². The number of hydrogen-bond donors (Lipinski definition) is 4. The second-order valence-corrected chi connectivity index (χ2v) is 6.79. The Bertz CT molecular complexity index is 844. The van der Waals surface area contributed by atoms with Crippen molar-refractivity contribution >= 4 is 51.3 Å². The summed E-state index contributed by atoms with van der Waals surface area (Å²) in [5.74, 6) is 5.24. The van der Waals surface area contributed by atoms with Crippen LogP contribution in [-0.2, 0) is 17.0 Å². The summed E-state index contributed by atoms with van der Waals surface area (Å²) in [6.45, 7) is 0. The summed E-state index contributed by atoms with van der Waals surface area (Å²) in [6, 6.07) is 1.36. The van der Waals surface area contributed by atoms with Crippen molar-refractivity contribution in [2.24, 2.45) is 10.8 Å². The van der Waals surface area contributed by atoms with Gasteiger partial charge in [0, 0.05) is 6.26 Å². The Morgan fingerprint density at radius 1 is 1.36 bits per heavy atom. The molecule has 0 saturated heterocycles. The van der Waals surface area contributed by atoms with Crippen LogP contribution in [0.5, 0.6) is 0 Å². The average Bonchev–Trinajstić information content (AvgIpc) is 2.87. The first-order valence-corrected chi connectivity index (χ1v) is 8.66. The minimum atomic E-state index is -4.62. The minimum Gasteiger partial charge on any atom is -0.381 e. The van der Waals surface area contributed by atoms with Crippen molar-refractivity contribution in [2.45, 2.75) is 11.1 Å². The first kappa shape index (κ1) is 19.5. The van der Waals surface area contributed by atoms with Gasteiger partial charge in [0.05, 0.1) is 26.4 Å². The molecule has 0 fully saturated rings. The van der Waals surface area contributed by atoms with Crippen LogP contribution in [0.25, 0.3) is 0 Å². The van der Waals surface area contributed by atoms with Gasteiger partial charge in [0.2, 0.25) is 0 Å². The number of nitrogen functional groups attached to an aromatic ring is 1. The molecular formula is C12H11Cl2F3N6OS. The lowest BCUT2D eigenvalue weighted by Gasteiger charge is -2.11. The molecule has 0 bridgehead atoms. The van der Waals surface area contributed by atoms with Crippen LogP contribution in [0.4, 0.5) is 24.7 Å². The van der Waals surface area contributed by atoms with Gasteiger partial charge in [-0.25, -0.2) is 10.8 Å². The van der Waals surface area contributed by atoms with Crippen molar-refractivity contribution < 1.29 is 17.4 Å². The van der Waals surface area contributed by atoms with E-state index in [1.807, 2.05) is 0 Å². The molecule has 1 aromatic heterocycles. The van der Waals surface area contributed by atoms with Gasteiger partial charge in [-0.2, -0.15) is 18.3 Å². The first-order valence-electron chi connectivity index (χ1n) is 6.35. The molecule has 2 aromatic rings. The Kier molecular flexibility index (Phi) is 5.62. The number of nitrogens with two attached hydrogens (primary N) is 2. The molecule has 0 saturated carbocycles. The van der Waals surface area contributed by atoms with Gasteiger partial charge in [-0.05, 0) is 12.1 Å². The summed E-state index contributed by atoms with van der Waals surface area (Å²) < 4.78 is 50.1. The lowest BCUT2D eigenvalue weighted by atomic mass is 10.2. The van der Waals surface area contributed by atoms with Crippen molar-refractivity contribution in [2.75, 3.05) is 12.0 Å². The van der Waals surface area contributed by atoms with E-state index in [0.717, 1.165) is 0 Å². The highest BCUT2D eigenvalue weighted by molar-refractivity contribution is 7.84. The predicted octanol–water partition coefficient (Wildman–Crippen LogP) is 2.60. The fourth-order valence-corrected chi connectivity index (χ4v) is 3.25. The number of H-pyrrole nitrogens is 1. The lowest BCUT2D eigenvalue weighted by molar-refractivity contribution is -0.137. The molecule has 1 heterocycles. The summed E-state index contributed by atoms with van der Waals surface area (Å²) in [5.41, 5.74) is 6.75. The summed E-state index contributed by atoms with van der Waals surface area (Å²) in [5, 5.41) is 5.51. The summed E-state index contributed by atoms with van der Waals surface area (Å²) in [6.07, 6.45) is -3.26. The summed E-state index contributed by atoms with van der Waals surface area (Å²) >= 11 is 11.7. The van der Waals surface area contributed by atoms with Gasteiger partial charge in [0.15, 0.2) is 11.7 Å². The number of anilines is 1. The number of alkyl halides is 3. The molecule has 0 aliphatic heterocycles. The number of rotatable bonds is 3. The second-order valence-electron chi connectivity index (χ2n) is 4.66. The maximum Gasteiger partial charge on any atom is 0.416 e. The van der Waals surface area contributed by atoms with Gasteiger partial charge in [-0.3, -0.25) is 9.31 Å². The fourth-order valence-electron chi connectivity index (χ4n) is 1.91. The van der Waals surface area contributed by atoms with Crippen molar-refractivity contribution in [1.29, 1.82) is 0 Å². The number of aromatic nitrogens is 2. The van der Waals surface area contributed by atoms with Crippen LogP contribution in [0.3, 0.4) is 0 Å². The fraction of sp³-hybridized carbons (Fsp3) is 0.167. The molecule has 2 rings (SSSR count). The maximum absolute atomic E-state index is 12.8. The summed E-state index contributed by atoms with van der Waals surface area (Å²) in [7, 11) is -1.54. The molecule has 0 radical (unpaired) electrons. The third-order valence-corrected chi connectivity index (χ3v) is 4.54. The van der Waals surface area contributed by atoms with Gasteiger partial charge in [0.1, 0.15) is 16.3 Å². The smallest absolute Gasteiger partial charge is 0.381 e. The van der Waals surface area contributed by atoms with Crippen LogP contribution >= 0.6 is 23.2 Å². The van der Waals surface area contributed by atoms with E-state index in [-0.39, 0.29) is 38.0 Å². The lowest BCUT2D eigenvalue weighted by Crippen LogP contribution is -2.32. The molecule has 1 atom stereocenters. The maximum atomic E-state index is 12.8. The Morgan fingerprint density at radius 3 is 2.36 bits per heavy atom. The van der Waals surface area contributed by atoms with Crippen LogP contribution in [0.2, 0.25) is 10.0 Å². The minimum absolute atomic E-state index is 0.0385. The Balaban J connectivity index is 2.60. The number of amidine groups is 1. The highest BCUT2D eigenvalue weighted by atomic mass is 35.5. The average molecular weight is 415 g/mol. The number of nitrogens with one attached hydrogen (secondary N) is 2. The predicted molar refractivity (Wildman–Crippen MR) is 90.3 cm³/mol. The van der Waals surface area contributed by atoms with E-state index >= 15 is 0 Å². The number of hydrazine groups is 1. The molecule has 0 aliphatic carbocycles. The number of aromatic amines is 1. The summed E-state index contributed by atoms with van der Waals surface area (Å²) in [4.78, 5) is 4.14. The number of benzene rings is 1. The van der Waals surface area contributed by atoms with Crippen LogP contribution in [-0.4, -0.2) is 26.5 Å². The van der Waals surface area contributed by atoms with Crippen molar-refractivity contribution in [3.8, 4) is 0 Å². The molecule has 25 heavy (non-hydrogen) atoms. The molecule has 0 aliphatic rings. The molecular weight excluding hydrogens is 404 g/mol. The molecule has 6 N–H and O–H groups in total. The number of nitrogens with zero attached hydrogens (tertiary/aromatic N) is 2. The van der Waals surface area contributed by atoms with Crippen LogP contribution < -0.4 is 17.0 Å². The standard InChI is InChI=1S/C12H11Cl2F3N6OS/c1-25(24)9-8(22-23-10(9)18)11(21-19)20-7-5(13)2-4(3-6(7)14)12(15,16)17/h2-3H,19H2,1H3,(H,20,21)(H3,18,22,23). The Hall–Kier alpha value is -1.82. The SMILES string of the molecule is CS(=O)c1c(N)n[nH]c1C(=Nc1c(Cl)cc(C(F)(F)F)cc1Cl)NN. The number of aliphatic imine (C=N–C) groups is 1. The van der Waals surface area contributed by atoms with E-state index < -0.39 is 22.5 Å². The van der Waals surface area contributed by atoms with Gasteiger partial charge in [0.25, 0.3) is 0 Å². The van der Waals surface area contributed by atoms with Gasteiger partial charge in [-0.1, -0.05) is 23.2 Å². The highest BCUT2D eigenvalue weighted by Crippen LogP contribution is 2.40. The van der Waals surface area contributed by atoms with E-state index in [4.69, 9.17) is 34.8 Å². The van der Waals surface area contributed by atoms with E-state index in [9.17, 15) is 17.4 Å². The molecule has 0 spiro atoms. The number of halogens is 5. The Labute approximate surface area is 152 Å². The normalized spacial score (nSPS) is 13.8. The Morgan fingerprint density at radius 2 is 1.92 bits per heavy atom. The number of hydrogen-bond acceptors (Lipinski definition) is 5. The second kappa shape index (κ2) is 7.20. The zero-order chi connectivity index (χ0) is 18.9.